The maximum absolute atomic E-state index is 12.9. The van der Waals surface area contributed by atoms with E-state index < -0.39 is 0 Å². The maximum Gasteiger partial charge on any atom is 0.276 e. The molecule has 0 radical (unpaired) electrons. The van der Waals surface area contributed by atoms with E-state index in [0.29, 0.717) is 12.2 Å². The van der Waals surface area contributed by atoms with Crippen LogP contribution in [0.2, 0.25) is 0 Å². The molecular formula is C17H24ClN5O. The number of hydrogen-bond donors (Lipinski definition) is 1. The van der Waals surface area contributed by atoms with Gasteiger partial charge in [-0.3, -0.25) is 9.48 Å². The molecule has 1 aliphatic heterocycles. The minimum Gasteiger partial charge on any atom is -0.328 e. The molecule has 130 valence electrons. The van der Waals surface area contributed by atoms with Crippen molar-refractivity contribution in [1.82, 2.24) is 25.2 Å². The van der Waals surface area contributed by atoms with Crippen molar-refractivity contribution in [1.29, 1.82) is 0 Å². The number of rotatable bonds is 3. The van der Waals surface area contributed by atoms with Crippen molar-refractivity contribution in [3.05, 3.63) is 46.8 Å². The number of carbonyl (C=O) groups excluding carboxylic acids is 1. The van der Waals surface area contributed by atoms with E-state index in [2.05, 4.69) is 46.8 Å². The summed E-state index contributed by atoms with van der Waals surface area (Å²) in [5.74, 6) is -0.0401. The number of piperazine rings is 1. The normalized spacial score (nSPS) is 17.5. The fourth-order valence-electron chi connectivity index (χ4n) is 2.96. The highest BCUT2D eigenvalue weighted by Crippen LogP contribution is 2.25. The number of amides is 1. The van der Waals surface area contributed by atoms with Gasteiger partial charge in [0.2, 0.25) is 0 Å². The highest BCUT2D eigenvalue weighted by Gasteiger charge is 2.31. The summed E-state index contributed by atoms with van der Waals surface area (Å²) in [7, 11) is 1.80. The first kappa shape index (κ1) is 18.4. The van der Waals surface area contributed by atoms with E-state index in [1.165, 1.54) is 5.56 Å². The quantitative estimate of drug-likeness (QED) is 0.919. The van der Waals surface area contributed by atoms with Crippen molar-refractivity contribution in [3.63, 3.8) is 0 Å². The van der Waals surface area contributed by atoms with E-state index in [4.69, 9.17) is 0 Å². The van der Waals surface area contributed by atoms with Crippen LogP contribution >= 0.6 is 12.4 Å². The van der Waals surface area contributed by atoms with Crippen LogP contribution in [0.3, 0.4) is 0 Å². The topological polar surface area (TPSA) is 63.1 Å². The van der Waals surface area contributed by atoms with Crippen LogP contribution in [0.25, 0.3) is 0 Å². The predicted molar refractivity (Wildman–Crippen MR) is 95.5 cm³/mol. The fraction of sp³-hybridized carbons (Fsp3) is 0.471. The molecule has 0 spiro atoms. The molecular weight excluding hydrogens is 326 g/mol. The molecule has 0 saturated carbocycles. The van der Waals surface area contributed by atoms with E-state index in [1.54, 1.807) is 11.7 Å². The second-order valence-corrected chi connectivity index (χ2v) is 5.96. The van der Waals surface area contributed by atoms with Gasteiger partial charge in [0.05, 0.1) is 11.7 Å². The molecule has 1 aromatic heterocycles. The molecule has 1 saturated heterocycles. The molecule has 1 aliphatic rings. The summed E-state index contributed by atoms with van der Waals surface area (Å²) in [4.78, 5) is 14.8. The lowest BCUT2D eigenvalue weighted by molar-refractivity contribution is 0.0627. The van der Waals surface area contributed by atoms with E-state index in [9.17, 15) is 4.79 Å². The van der Waals surface area contributed by atoms with Crippen LogP contribution < -0.4 is 5.32 Å². The largest absolute Gasteiger partial charge is 0.328 e. The van der Waals surface area contributed by atoms with Crippen LogP contribution in [0.15, 0.2) is 24.3 Å². The first-order valence-corrected chi connectivity index (χ1v) is 8.08. The van der Waals surface area contributed by atoms with Gasteiger partial charge in [-0.05, 0) is 24.5 Å². The molecule has 3 rings (SSSR count). The van der Waals surface area contributed by atoms with Crippen LogP contribution in [0.1, 0.15) is 40.3 Å². The number of nitrogens with one attached hydrogen (secondary N) is 1. The predicted octanol–water partition coefficient (Wildman–Crippen LogP) is 1.89. The summed E-state index contributed by atoms with van der Waals surface area (Å²) in [6.45, 7) is 6.25. The van der Waals surface area contributed by atoms with Crippen molar-refractivity contribution in [3.8, 4) is 0 Å². The van der Waals surface area contributed by atoms with Crippen molar-refractivity contribution in [2.24, 2.45) is 7.05 Å². The SMILES string of the molecule is CCc1ccc(C2CNCCN2C(=O)c2nnn(C)c2C)cc1.Cl. The lowest BCUT2D eigenvalue weighted by Crippen LogP contribution is -2.49. The van der Waals surface area contributed by atoms with E-state index in [-0.39, 0.29) is 24.4 Å². The van der Waals surface area contributed by atoms with Crippen LogP contribution in [0, 0.1) is 6.92 Å². The van der Waals surface area contributed by atoms with Crippen LogP contribution in [0.5, 0.6) is 0 Å². The van der Waals surface area contributed by atoms with Gasteiger partial charge in [0.25, 0.3) is 5.91 Å². The van der Waals surface area contributed by atoms with Crippen LogP contribution in [0.4, 0.5) is 0 Å². The highest BCUT2D eigenvalue weighted by atomic mass is 35.5. The smallest absolute Gasteiger partial charge is 0.276 e. The molecule has 2 heterocycles. The molecule has 1 unspecified atom stereocenters. The molecule has 0 bridgehead atoms. The monoisotopic (exact) mass is 349 g/mol. The third kappa shape index (κ3) is 3.44. The molecule has 6 nitrogen and oxygen atoms in total. The molecule has 1 fully saturated rings. The third-order valence-electron chi connectivity index (χ3n) is 4.59. The fourth-order valence-corrected chi connectivity index (χ4v) is 2.96. The van der Waals surface area contributed by atoms with E-state index in [1.807, 2.05) is 11.8 Å². The van der Waals surface area contributed by atoms with Gasteiger partial charge in [-0.1, -0.05) is 36.4 Å². The van der Waals surface area contributed by atoms with Gasteiger partial charge in [-0.15, -0.1) is 17.5 Å². The summed E-state index contributed by atoms with van der Waals surface area (Å²) < 4.78 is 1.64. The summed E-state index contributed by atoms with van der Waals surface area (Å²) >= 11 is 0. The first-order valence-electron chi connectivity index (χ1n) is 8.08. The standard InChI is InChI=1S/C17H23N5O.ClH/c1-4-13-5-7-14(8-6-13)15-11-18-9-10-22(15)17(23)16-12(2)21(3)20-19-16;/h5-8,15,18H,4,9-11H2,1-3H3;1H. The Hall–Kier alpha value is -1.92. The van der Waals surface area contributed by atoms with Crippen molar-refractivity contribution >= 4 is 18.3 Å². The zero-order chi connectivity index (χ0) is 16.4. The number of hydrogen-bond acceptors (Lipinski definition) is 4. The molecule has 1 aromatic carbocycles. The highest BCUT2D eigenvalue weighted by molar-refractivity contribution is 5.93. The van der Waals surface area contributed by atoms with Crippen molar-refractivity contribution < 1.29 is 4.79 Å². The van der Waals surface area contributed by atoms with E-state index >= 15 is 0 Å². The Morgan fingerprint density at radius 2 is 2.04 bits per heavy atom. The third-order valence-corrected chi connectivity index (χ3v) is 4.59. The average molecular weight is 350 g/mol. The number of aryl methyl sites for hydroxylation is 2. The zero-order valence-electron chi connectivity index (χ0n) is 14.3. The van der Waals surface area contributed by atoms with Gasteiger partial charge in [-0.2, -0.15) is 0 Å². The Balaban J connectivity index is 0.00000208. The summed E-state index contributed by atoms with van der Waals surface area (Å²) in [5.41, 5.74) is 3.71. The lowest BCUT2D eigenvalue weighted by atomic mass is 10.0. The Kier molecular flexibility index (Phi) is 5.96. The van der Waals surface area contributed by atoms with E-state index in [0.717, 1.165) is 30.8 Å². The Bertz CT molecular complexity index is 698. The molecule has 1 atom stereocenters. The molecule has 2 aromatic rings. The van der Waals surface area contributed by atoms with Gasteiger partial charge in [0.1, 0.15) is 0 Å². The second-order valence-electron chi connectivity index (χ2n) is 5.96. The number of aromatic nitrogens is 3. The molecule has 1 amide bonds. The van der Waals surface area contributed by atoms with Crippen molar-refractivity contribution in [2.75, 3.05) is 19.6 Å². The first-order chi connectivity index (χ1) is 11.1. The van der Waals surface area contributed by atoms with Crippen molar-refractivity contribution in [2.45, 2.75) is 26.3 Å². The molecule has 7 heteroatoms. The zero-order valence-corrected chi connectivity index (χ0v) is 15.1. The Morgan fingerprint density at radius 1 is 1.33 bits per heavy atom. The number of nitrogens with zero attached hydrogens (tertiary/aromatic N) is 4. The van der Waals surface area contributed by atoms with Crippen LogP contribution in [-0.4, -0.2) is 45.4 Å². The maximum atomic E-state index is 12.9. The summed E-state index contributed by atoms with van der Waals surface area (Å²) in [6, 6.07) is 8.56. The summed E-state index contributed by atoms with van der Waals surface area (Å²) in [5, 5.41) is 11.4. The second kappa shape index (κ2) is 7.77. The lowest BCUT2D eigenvalue weighted by Gasteiger charge is -2.36. The molecule has 1 N–H and O–H groups in total. The summed E-state index contributed by atoms with van der Waals surface area (Å²) in [6.07, 6.45) is 1.02. The van der Waals surface area contributed by atoms with Gasteiger partial charge in [0, 0.05) is 26.7 Å². The Morgan fingerprint density at radius 3 is 2.62 bits per heavy atom. The number of benzene rings is 1. The minimum atomic E-state index is -0.0401. The average Bonchev–Trinajstić information content (AvgIpc) is 2.93. The Labute approximate surface area is 148 Å². The molecule has 0 aliphatic carbocycles. The molecule has 24 heavy (non-hydrogen) atoms. The van der Waals surface area contributed by atoms with Gasteiger partial charge in [-0.25, -0.2) is 0 Å². The number of halogens is 1. The van der Waals surface area contributed by atoms with Gasteiger partial charge >= 0.3 is 0 Å². The van der Waals surface area contributed by atoms with Gasteiger partial charge in [0.15, 0.2) is 5.69 Å². The minimum absolute atomic E-state index is 0. The number of carbonyl (C=O) groups is 1. The van der Waals surface area contributed by atoms with Crippen LogP contribution in [-0.2, 0) is 13.5 Å². The van der Waals surface area contributed by atoms with Gasteiger partial charge < -0.3 is 10.2 Å².